The standard InChI is InChI=1S/C14H20O3/c15-10-6-2-5-9-13(14(16)17)11-12-7-3-1-4-8-12/h1,3-4,7-8,13,15H,2,5-6,9-11H2,(H,16,17). The molecule has 0 heterocycles. The van der Waals surface area contributed by atoms with Crippen molar-refractivity contribution in [1.29, 1.82) is 0 Å². The predicted molar refractivity (Wildman–Crippen MR) is 66.8 cm³/mol. The molecule has 0 radical (unpaired) electrons. The quantitative estimate of drug-likeness (QED) is 0.682. The van der Waals surface area contributed by atoms with Crippen molar-refractivity contribution in [2.75, 3.05) is 6.61 Å². The molecule has 0 fully saturated rings. The van der Waals surface area contributed by atoms with Crippen LogP contribution in [0.25, 0.3) is 0 Å². The molecule has 0 saturated carbocycles. The molecule has 3 nitrogen and oxygen atoms in total. The molecule has 0 aliphatic heterocycles. The molecule has 0 aliphatic rings. The van der Waals surface area contributed by atoms with Gasteiger partial charge >= 0.3 is 5.97 Å². The van der Waals surface area contributed by atoms with Gasteiger partial charge in [0.05, 0.1) is 5.92 Å². The summed E-state index contributed by atoms with van der Waals surface area (Å²) in [4.78, 5) is 11.1. The van der Waals surface area contributed by atoms with Crippen molar-refractivity contribution in [2.24, 2.45) is 5.92 Å². The number of aliphatic hydroxyl groups is 1. The predicted octanol–water partition coefficient (Wildman–Crippen LogP) is 2.48. The fraction of sp³-hybridized carbons (Fsp3) is 0.500. The van der Waals surface area contributed by atoms with Gasteiger partial charge in [0.1, 0.15) is 0 Å². The van der Waals surface area contributed by atoms with E-state index in [2.05, 4.69) is 0 Å². The van der Waals surface area contributed by atoms with Gasteiger partial charge in [0, 0.05) is 6.61 Å². The molecule has 0 aromatic heterocycles. The molecule has 1 aromatic rings. The van der Waals surface area contributed by atoms with Gasteiger partial charge in [0.25, 0.3) is 0 Å². The Morgan fingerprint density at radius 2 is 1.82 bits per heavy atom. The van der Waals surface area contributed by atoms with Crippen molar-refractivity contribution in [3.05, 3.63) is 35.9 Å². The summed E-state index contributed by atoms with van der Waals surface area (Å²) in [7, 11) is 0. The van der Waals surface area contributed by atoms with E-state index in [9.17, 15) is 4.79 Å². The molecule has 0 bridgehead atoms. The Morgan fingerprint density at radius 3 is 2.41 bits per heavy atom. The van der Waals surface area contributed by atoms with Crippen LogP contribution in [-0.4, -0.2) is 22.8 Å². The Balaban J connectivity index is 2.41. The zero-order chi connectivity index (χ0) is 12.5. The highest BCUT2D eigenvalue weighted by molar-refractivity contribution is 5.70. The lowest BCUT2D eigenvalue weighted by Crippen LogP contribution is -2.16. The number of carbonyl (C=O) groups is 1. The largest absolute Gasteiger partial charge is 0.481 e. The van der Waals surface area contributed by atoms with Gasteiger partial charge in [-0.25, -0.2) is 0 Å². The van der Waals surface area contributed by atoms with E-state index in [0.29, 0.717) is 12.8 Å². The number of carboxylic acid groups (broad SMARTS) is 1. The highest BCUT2D eigenvalue weighted by atomic mass is 16.4. The van der Waals surface area contributed by atoms with Crippen LogP contribution in [0.1, 0.15) is 31.2 Å². The molecule has 0 aliphatic carbocycles. The van der Waals surface area contributed by atoms with E-state index >= 15 is 0 Å². The molecule has 3 heteroatoms. The second-order valence-electron chi connectivity index (χ2n) is 4.30. The number of hydrogen-bond donors (Lipinski definition) is 2. The topological polar surface area (TPSA) is 57.5 Å². The summed E-state index contributed by atoms with van der Waals surface area (Å²) in [6.45, 7) is 0.191. The Labute approximate surface area is 102 Å². The number of aliphatic carboxylic acids is 1. The van der Waals surface area contributed by atoms with Crippen LogP contribution >= 0.6 is 0 Å². The number of unbranched alkanes of at least 4 members (excludes halogenated alkanes) is 2. The van der Waals surface area contributed by atoms with Crippen molar-refractivity contribution >= 4 is 5.97 Å². The summed E-state index contributed by atoms with van der Waals surface area (Å²) < 4.78 is 0. The smallest absolute Gasteiger partial charge is 0.306 e. The average Bonchev–Trinajstić information content (AvgIpc) is 2.34. The Hall–Kier alpha value is -1.35. The minimum absolute atomic E-state index is 0.191. The van der Waals surface area contributed by atoms with Crippen molar-refractivity contribution in [1.82, 2.24) is 0 Å². The van der Waals surface area contributed by atoms with Gasteiger partial charge in [-0.2, -0.15) is 0 Å². The van der Waals surface area contributed by atoms with Gasteiger partial charge in [-0.15, -0.1) is 0 Å². The lowest BCUT2D eigenvalue weighted by Gasteiger charge is -2.12. The van der Waals surface area contributed by atoms with Gasteiger partial charge in [0.2, 0.25) is 0 Å². The molecule has 0 amide bonds. The Bertz CT molecular complexity index is 321. The normalized spacial score (nSPS) is 12.3. The van der Waals surface area contributed by atoms with Gasteiger partial charge in [-0.3, -0.25) is 4.79 Å². The molecule has 1 atom stereocenters. The van der Waals surface area contributed by atoms with Crippen molar-refractivity contribution in [3.63, 3.8) is 0 Å². The maximum Gasteiger partial charge on any atom is 0.306 e. The first-order valence-electron chi connectivity index (χ1n) is 6.11. The van der Waals surface area contributed by atoms with Crippen LogP contribution in [0, 0.1) is 5.92 Å². The molecule has 1 unspecified atom stereocenters. The van der Waals surface area contributed by atoms with Crippen LogP contribution in [0.3, 0.4) is 0 Å². The van der Waals surface area contributed by atoms with Gasteiger partial charge in [0.15, 0.2) is 0 Å². The molecule has 0 saturated heterocycles. The zero-order valence-corrected chi connectivity index (χ0v) is 10.0. The molecule has 2 N–H and O–H groups in total. The van der Waals surface area contributed by atoms with Crippen LogP contribution < -0.4 is 0 Å². The zero-order valence-electron chi connectivity index (χ0n) is 10.0. The molecule has 17 heavy (non-hydrogen) atoms. The highest BCUT2D eigenvalue weighted by Crippen LogP contribution is 2.16. The molecule has 1 rings (SSSR count). The monoisotopic (exact) mass is 236 g/mol. The minimum atomic E-state index is -0.724. The summed E-state index contributed by atoms with van der Waals surface area (Å²) in [6.07, 6.45) is 3.80. The van der Waals surface area contributed by atoms with Crippen LogP contribution in [0.5, 0.6) is 0 Å². The van der Waals surface area contributed by atoms with E-state index in [4.69, 9.17) is 10.2 Å². The summed E-state index contributed by atoms with van der Waals surface area (Å²) in [6, 6.07) is 9.72. The minimum Gasteiger partial charge on any atom is -0.481 e. The summed E-state index contributed by atoms with van der Waals surface area (Å²) >= 11 is 0. The number of rotatable bonds is 8. The molecule has 0 spiro atoms. The third-order valence-electron chi connectivity index (χ3n) is 2.88. The number of benzene rings is 1. The van der Waals surface area contributed by atoms with Gasteiger partial charge in [-0.05, 0) is 24.8 Å². The molecular weight excluding hydrogens is 216 g/mol. The van der Waals surface area contributed by atoms with Crippen LogP contribution in [0.15, 0.2) is 30.3 Å². The first-order valence-corrected chi connectivity index (χ1v) is 6.11. The van der Waals surface area contributed by atoms with Crippen molar-refractivity contribution < 1.29 is 15.0 Å². The number of aliphatic hydroxyl groups excluding tert-OH is 1. The third-order valence-corrected chi connectivity index (χ3v) is 2.88. The van der Waals surface area contributed by atoms with Crippen molar-refractivity contribution in [2.45, 2.75) is 32.1 Å². The van der Waals surface area contributed by atoms with Crippen molar-refractivity contribution in [3.8, 4) is 0 Å². The lowest BCUT2D eigenvalue weighted by molar-refractivity contribution is -0.142. The Morgan fingerprint density at radius 1 is 1.12 bits per heavy atom. The Kier molecular flexibility index (Phi) is 6.33. The van der Waals surface area contributed by atoms with Crippen LogP contribution in [0.4, 0.5) is 0 Å². The first-order chi connectivity index (χ1) is 8.24. The maximum atomic E-state index is 11.1. The van der Waals surface area contributed by atoms with Gasteiger partial charge < -0.3 is 10.2 Å². The van der Waals surface area contributed by atoms with E-state index in [1.807, 2.05) is 30.3 Å². The summed E-state index contributed by atoms with van der Waals surface area (Å²) in [5.74, 6) is -1.03. The van der Waals surface area contributed by atoms with E-state index < -0.39 is 5.97 Å². The van der Waals surface area contributed by atoms with E-state index in [-0.39, 0.29) is 12.5 Å². The fourth-order valence-electron chi connectivity index (χ4n) is 1.89. The SMILES string of the molecule is O=C(O)C(CCCCCO)Cc1ccccc1. The average molecular weight is 236 g/mol. The maximum absolute atomic E-state index is 11.1. The lowest BCUT2D eigenvalue weighted by atomic mass is 9.94. The van der Waals surface area contributed by atoms with E-state index in [1.165, 1.54) is 0 Å². The van der Waals surface area contributed by atoms with Gasteiger partial charge in [-0.1, -0.05) is 43.2 Å². The van der Waals surface area contributed by atoms with E-state index in [0.717, 1.165) is 24.8 Å². The van der Waals surface area contributed by atoms with Crippen LogP contribution in [-0.2, 0) is 11.2 Å². The number of carboxylic acids is 1. The second kappa shape index (κ2) is 7.85. The van der Waals surface area contributed by atoms with E-state index in [1.54, 1.807) is 0 Å². The molecular formula is C14H20O3. The summed E-state index contributed by atoms with van der Waals surface area (Å²) in [5.41, 5.74) is 1.07. The third kappa shape index (κ3) is 5.50. The molecule has 94 valence electrons. The molecule has 1 aromatic carbocycles. The fourth-order valence-corrected chi connectivity index (χ4v) is 1.89. The van der Waals surface area contributed by atoms with Crippen LogP contribution in [0.2, 0.25) is 0 Å². The summed E-state index contributed by atoms with van der Waals surface area (Å²) in [5, 5.41) is 17.8. The first kappa shape index (κ1) is 13.7. The highest BCUT2D eigenvalue weighted by Gasteiger charge is 2.17. The number of hydrogen-bond acceptors (Lipinski definition) is 2. The second-order valence-corrected chi connectivity index (χ2v) is 4.30.